The van der Waals surface area contributed by atoms with E-state index in [1.54, 1.807) is 10.8 Å². The van der Waals surface area contributed by atoms with Gasteiger partial charge in [-0.3, -0.25) is 4.79 Å². The Morgan fingerprint density at radius 2 is 1.57 bits per heavy atom. The first-order valence-electron chi connectivity index (χ1n) is 10.1. The quantitative estimate of drug-likeness (QED) is 0.529. The molecule has 0 aliphatic carbocycles. The van der Waals surface area contributed by atoms with Crippen LogP contribution in [0.5, 0.6) is 0 Å². The van der Waals surface area contributed by atoms with Gasteiger partial charge in [-0.15, -0.1) is 15.3 Å². The number of nitrogens with zero attached hydrogens (tertiary/aromatic N) is 6. The molecule has 1 aliphatic rings. The van der Waals surface area contributed by atoms with E-state index in [4.69, 9.17) is 0 Å². The Morgan fingerprint density at radius 1 is 0.833 bits per heavy atom. The number of amides is 1. The van der Waals surface area contributed by atoms with Gasteiger partial charge in [0.05, 0.1) is 6.42 Å². The molecule has 0 atom stereocenters. The third kappa shape index (κ3) is 3.74. The normalized spacial score (nSPS) is 14.3. The van der Waals surface area contributed by atoms with Gasteiger partial charge >= 0.3 is 0 Å². The third-order valence-corrected chi connectivity index (χ3v) is 5.52. The van der Waals surface area contributed by atoms with E-state index < -0.39 is 0 Å². The smallest absolute Gasteiger partial charge is 0.227 e. The standard InChI is InChI=1S/C23H22N6O/c30-23(16-18-6-8-20(9-7-18)19-4-2-1-3-5-19)28-14-12-27(13-15-28)22-11-10-21-25-24-17-29(21)26-22/h1-11,17H,12-16H2. The highest BCUT2D eigenvalue weighted by atomic mass is 16.2. The molecule has 7 heteroatoms. The van der Waals surface area contributed by atoms with Gasteiger partial charge in [-0.25, -0.2) is 0 Å². The fourth-order valence-corrected chi connectivity index (χ4v) is 3.80. The van der Waals surface area contributed by atoms with Crippen molar-refractivity contribution in [3.05, 3.63) is 78.6 Å². The molecule has 0 N–H and O–H groups in total. The zero-order chi connectivity index (χ0) is 20.3. The number of fused-ring (bicyclic) bond motifs is 1. The van der Waals surface area contributed by atoms with Crippen LogP contribution in [0, 0.1) is 0 Å². The Labute approximate surface area is 174 Å². The van der Waals surface area contributed by atoms with E-state index in [1.165, 1.54) is 5.56 Å². The lowest BCUT2D eigenvalue weighted by Gasteiger charge is -2.35. The molecule has 0 spiro atoms. The van der Waals surface area contributed by atoms with Crippen molar-refractivity contribution >= 4 is 17.4 Å². The van der Waals surface area contributed by atoms with E-state index in [2.05, 4.69) is 56.6 Å². The predicted octanol–water partition coefficient (Wildman–Crippen LogP) is 2.68. The summed E-state index contributed by atoms with van der Waals surface area (Å²) in [6, 6.07) is 22.4. The van der Waals surface area contributed by atoms with Crippen LogP contribution in [0.25, 0.3) is 16.8 Å². The Morgan fingerprint density at radius 3 is 2.33 bits per heavy atom. The summed E-state index contributed by atoms with van der Waals surface area (Å²) in [5.41, 5.74) is 4.12. The number of anilines is 1. The molecule has 1 amide bonds. The molecule has 0 saturated carbocycles. The van der Waals surface area contributed by atoms with E-state index in [0.717, 1.165) is 35.7 Å². The summed E-state index contributed by atoms with van der Waals surface area (Å²) >= 11 is 0. The molecule has 1 aliphatic heterocycles. The van der Waals surface area contributed by atoms with E-state index in [-0.39, 0.29) is 5.91 Å². The number of rotatable bonds is 4. The zero-order valence-corrected chi connectivity index (χ0v) is 16.6. The number of hydrogen-bond acceptors (Lipinski definition) is 5. The summed E-state index contributed by atoms with van der Waals surface area (Å²) in [4.78, 5) is 16.9. The highest BCUT2D eigenvalue weighted by Crippen LogP contribution is 2.20. The number of aromatic nitrogens is 4. The molecular weight excluding hydrogens is 376 g/mol. The number of piperazine rings is 1. The minimum absolute atomic E-state index is 0.171. The monoisotopic (exact) mass is 398 g/mol. The first-order chi connectivity index (χ1) is 14.8. The largest absolute Gasteiger partial charge is 0.352 e. The first kappa shape index (κ1) is 18.3. The Balaban J connectivity index is 1.18. The third-order valence-electron chi connectivity index (χ3n) is 5.52. The van der Waals surface area contributed by atoms with Gasteiger partial charge in [0.2, 0.25) is 5.91 Å². The minimum atomic E-state index is 0.171. The fraction of sp³-hybridized carbons (Fsp3) is 0.217. The van der Waals surface area contributed by atoms with Gasteiger partial charge in [0.15, 0.2) is 5.65 Å². The van der Waals surface area contributed by atoms with Crippen LogP contribution in [-0.4, -0.2) is 56.8 Å². The average molecular weight is 398 g/mol. The van der Waals surface area contributed by atoms with Crippen LogP contribution in [0.15, 0.2) is 73.1 Å². The second-order valence-corrected chi connectivity index (χ2v) is 7.43. The maximum absolute atomic E-state index is 12.8. The van der Waals surface area contributed by atoms with Crippen LogP contribution < -0.4 is 4.90 Å². The van der Waals surface area contributed by atoms with Gasteiger partial charge in [-0.05, 0) is 28.8 Å². The number of hydrogen-bond donors (Lipinski definition) is 0. The van der Waals surface area contributed by atoms with Crippen LogP contribution in [0.2, 0.25) is 0 Å². The van der Waals surface area contributed by atoms with E-state index in [0.29, 0.717) is 19.5 Å². The summed E-state index contributed by atoms with van der Waals surface area (Å²) in [6.07, 6.45) is 2.03. The lowest BCUT2D eigenvalue weighted by molar-refractivity contribution is -0.130. The van der Waals surface area contributed by atoms with Gasteiger partial charge in [0.1, 0.15) is 12.1 Å². The summed E-state index contributed by atoms with van der Waals surface area (Å²) in [5.74, 6) is 1.05. The molecule has 7 nitrogen and oxygen atoms in total. The fourth-order valence-electron chi connectivity index (χ4n) is 3.80. The van der Waals surface area contributed by atoms with Gasteiger partial charge in [0, 0.05) is 26.2 Å². The maximum Gasteiger partial charge on any atom is 0.227 e. The van der Waals surface area contributed by atoms with Crippen molar-refractivity contribution < 1.29 is 4.79 Å². The molecule has 0 bridgehead atoms. The van der Waals surface area contributed by atoms with E-state index in [9.17, 15) is 4.79 Å². The minimum Gasteiger partial charge on any atom is -0.352 e. The highest BCUT2D eigenvalue weighted by Gasteiger charge is 2.22. The van der Waals surface area contributed by atoms with Crippen LogP contribution >= 0.6 is 0 Å². The van der Waals surface area contributed by atoms with Crippen LogP contribution in [0.1, 0.15) is 5.56 Å². The Hall–Kier alpha value is -3.74. The SMILES string of the molecule is O=C(Cc1ccc(-c2ccccc2)cc1)N1CCN(c2ccc3nncn3n2)CC1. The zero-order valence-electron chi connectivity index (χ0n) is 16.6. The molecule has 4 aromatic rings. The Bertz CT molecular complexity index is 1150. The Kier molecular flexibility index (Phi) is 4.85. The van der Waals surface area contributed by atoms with Crippen molar-refractivity contribution in [1.82, 2.24) is 24.7 Å². The topological polar surface area (TPSA) is 66.6 Å². The molecule has 0 unspecified atom stereocenters. The maximum atomic E-state index is 12.8. The highest BCUT2D eigenvalue weighted by molar-refractivity contribution is 5.79. The number of carbonyl (C=O) groups is 1. The molecule has 2 aromatic carbocycles. The molecular formula is C23H22N6O. The van der Waals surface area contributed by atoms with E-state index >= 15 is 0 Å². The summed E-state index contributed by atoms with van der Waals surface area (Å²) in [6.45, 7) is 2.92. The van der Waals surface area contributed by atoms with Gasteiger partial charge in [-0.2, -0.15) is 4.52 Å². The summed E-state index contributed by atoms with van der Waals surface area (Å²) < 4.78 is 1.67. The van der Waals surface area contributed by atoms with Crippen molar-refractivity contribution in [3.8, 4) is 11.1 Å². The molecule has 0 radical (unpaired) electrons. The van der Waals surface area contributed by atoms with Crippen molar-refractivity contribution in [2.24, 2.45) is 0 Å². The predicted molar refractivity (Wildman–Crippen MR) is 115 cm³/mol. The molecule has 1 saturated heterocycles. The average Bonchev–Trinajstić information content (AvgIpc) is 3.28. The molecule has 2 aromatic heterocycles. The van der Waals surface area contributed by atoms with Gasteiger partial charge in [0.25, 0.3) is 0 Å². The van der Waals surface area contributed by atoms with Crippen molar-refractivity contribution in [2.45, 2.75) is 6.42 Å². The second kappa shape index (κ2) is 7.94. The molecule has 5 rings (SSSR count). The summed E-state index contributed by atoms with van der Waals surface area (Å²) in [7, 11) is 0. The lowest BCUT2D eigenvalue weighted by atomic mass is 10.0. The molecule has 3 heterocycles. The van der Waals surface area contributed by atoms with Gasteiger partial charge < -0.3 is 9.80 Å². The van der Waals surface area contributed by atoms with E-state index in [1.807, 2.05) is 35.2 Å². The number of benzene rings is 2. The van der Waals surface area contributed by atoms with Crippen LogP contribution in [0.4, 0.5) is 5.82 Å². The second-order valence-electron chi connectivity index (χ2n) is 7.43. The summed E-state index contributed by atoms with van der Waals surface area (Å²) in [5, 5.41) is 12.4. The molecule has 30 heavy (non-hydrogen) atoms. The first-order valence-corrected chi connectivity index (χ1v) is 10.1. The molecule has 1 fully saturated rings. The van der Waals surface area contributed by atoms with Crippen LogP contribution in [0.3, 0.4) is 0 Å². The van der Waals surface area contributed by atoms with Gasteiger partial charge in [-0.1, -0.05) is 54.6 Å². The number of carbonyl (C=O) groups excluding carboxylic acids is 1. The van der Waals surface area contributed by atoms with Crippen molar-refractivity contribution in [1.29, 1.82) is 0 Å². The lowest BCUT2D eigenvalue weighted by Crippen LogP contribution is -2.49. The van der Waals surface area contributed by atoms with Crippen LogP contribution in [-0.2, 0) is 11.2 Å². The molecule has 150 valence electrons. The van der Waals surface area contributed by atoms with Crippen molar-refractivity contribution in [3.63, 3.8) is 0 Å². The van der Waals surface area contributed by atoms with Crippen molar-refractivity contribution in [2.75, 3.05) is 31.1 Å².